The normalized spacial score (nSPS) is 10.8. The topological polar surface area (TPSA) is 118 Å². The van der Waals surface area contributed by atoms with Crippen molar-refractivity contribution in [3.8, 4) is 17.2 Å². The van der Waals surface area contributed by atoms with Gasteiger partial charge in [-0.3, -0.25) is 0 Å². The van der Waals surface area contributed by atoms with E-state index in [9.17, 15) is 0 Å². The molecule has 0 bridgehead atoms. The molecule has 0 fully saturated rings. The second kappa shape index (κ2) is 7.42. The molecule has 138 valence electrons. The first-order chi connectivity index (χ1) is 12.5. The van der Waals surface area contributed by atoms with Gasteiger partial charge in [0.05, 0.1) is 36.9 Å². The summed E-state index contributed by atoms with van der Waals surface area (Å²) in [6.07, 6.45) is 0. The highest BCUT2D eigenvalue weighted by Gasteiger charge is 2.19. The molecule has 8 nitrogen and oxygen atoms in total. The number of halogens is 1. The van der Waals surface area contributed by atoms with Crippen LogP contribution in [-0.4, -0.2) is 31.3 Å². The molecule has 0 aliphatic heterocycles. The lowest BCUT2D eigenvalue weighted by molar-refractivity contribution is 0.323. The molecule has 0 atom stereocenters. The molecule has 2 aromatic heterocycles. The number of nitrogen functional groups attached to an aromatic ring is 2. The van der Waals surface area contributed by atoms with Crippen molar-refractivity contribution in [1.29, 1.82) is 0 Å². The van der Waals surface area contributed by atoms with Crippen molar-refractivity contribution in [2.24, 2.45) is 0 Å². The molecule has 0 spiro atoms. The quantitative estimate of drug-likeness (QED) is 0.535. The number of anilines is 3. The van der Waals surface area contributed by atoms with Gasteiger partial charge in [0, 0.05) is 12.6 Å². The number of methoxy groups -OCH3 is 3. The molecule has 0 aliphatic carbocycles. The van der Waals surface area contributed by atoms with Gasteiger partial charge < -0.3 is 31.0 Å². The van der Waals surface area contributed by atoms with Crippen LogP contribution in [0.2, 0.25) is 0 Å². The summed E-state index contributed by atoms with van der Waals surface area (Å²) in [7, 11) is 4.70. The predicted octanol–water partition coefficient (Wildman–Crippen LogP) is 3.26. The van der Waals surface area contributed by atoms with Gasteiger partial charge in [-0.2, -0.15) is 4.98 Å². The number of hydrogen-bond donors (Lipinski definition) is 3. The van der Waals surface area contributed by atoms with Crippen LogP contribution in [0.15, 0.2) is 15.9 Å². The van der Waals surface area contributed by atoms with Gasteiger partial charge in [-0.15, -0.1) is 11.3 Å². The standard InChI is InChI=1S/C16H18BrN5O3S/c1-23-9-4-8(11(17)13(25-3)12(9)24-2)20-5-7-6-26-15-10(7)14(18)21-16(19)22-15/h4,6,20H,5H2,1-3H3,(H4,18,19,21,22). The number of fused-ring (bicyclic) bond motifs is 1. The summed E-state index contributed by atoms with van der Waals surface area (Å²) in [6.45, 7) is 0.509. The van der Waals surface area contributed by atoms with Crippen molar-refractivity contribution in [1.82, 2.24) is 9.97 Å². The molecular weight excluding hydrogens is 422 g/mol. The van der Waals surface area contributed by atoms with E-state index in [2.05, 4.69) is 31.2 Å². The minimum atomic E-state index is 0.170. The molecule has 3 rings (SSSR count). The van der Waals surface area contributed by atoms with E-state index in [0.717, 1.165) is 25.9 Å². The van der Waals surface area contributed by atoms with E-state index in [-0.39, 0.29) is 5.95 Å². The van der Waals surface area contributed by atoms with E-state index >= 15 is 0 Å². The lowest BCUT2D eigenvalue weighted by Gasteiger charge is -2.17. The third kappa shape index (κ3) is 3.17. The van der Waals surface area contributed by atoms with Crippen molar-refractivity contribution in [3.63, 3.8) is 0 Å². The summed E-state index contributed by atoms with van der Waals surface area (Å²) >= 11 is 5.02. The zero-order chi connectivity index (χ0) is 18.8. The Morgan fingerprint density at radius 3 is 2.50 bits per heavy atom. The Balaban J connectivity index is 1.95. The molecule has 0 amide bonds. The number of nitrogens with one attached hydrogen (secondary N) is 1. The lowest BCUT2D eigenvalue weighted by Crippen LogP contribution is -2.04. The van der Waals surface area contributed by atoms with E-state index in [1.54, 1.807) is 21.3 Å². The van der Waals surface area contributed by atoms with Crippen LogP contribution in [0.3, 0.4) is 0 Å². The van der Waals surface area contributed by atoms with E-state index in [4.69, 9.17) is 25.7 Å². The maximum atomic E-state index is 6.01. The van der Waals surface area contributed by atoms with Gasteiger partial charge in [0.25, 0.3) is 0 Å². The summed E-state index contributed by atoms with van der Waals surface area (Å²) in [6, 6.07) is 1.83. The first-order valence-electron chi connectivity index (χ1n) is 7.51. The van der Waals surface area contributed by atoms with Crippen LogP contribution < -0.4 is 31.0 Å². The monoisotopic (exact) mass is 439 g/mol. The van der Waals surface area contributed by atoms with Crippen molar-refractivity contribution < 1.29 is 14.2 Å². The highest BCUT2D eigenvalue weighted by molar-refractivity contribution is 9.10. The average Bonchev–Trinajstić information content (AvgIpc) is 3.03. The van der Waals surface area contributed by atoms with Crippen LogP contribution in [-0.2, 0) is 6.54 Å². The fourth-order valence-corrected chi connectivity index (χ4v) is 4.17. The Morgan fingerprint density at radius 1 is 1.12 bits per heavy atom. The number of hydrogen-bond acceptors (Lipinski definition) is 9. The fraction of sp³-hybridized carbons (Fsp3) is 0.250. The highest BCUT2D eigenvalue weighted by atomic mass is 79.9. The molecule has 0 radical (unpaired) electrons. The Hall–Kier alpha value is -2.46. The van der Waals surface area contributed by atoms with Crippen LogP contribution >= 0.6 is 27.3 Å². The van der Waals surface area contributed by atoms with Crippen LogP contribution in [0.5, 0.6) is 17.2 Å². The van der Waals surface area contributed by atoms with Crippen molar-refractivity contribution >= 4 is 54.9 Å². The molecule has 2 heterocycles. The number of ether oxygens (including phenoxy) is 3. The van der Waals surface area contributed by atoms with Crippen molar-refractivity contribution in [2.75, 3.05) is 38.1 Å². The lowest BCUT2D eigenvalue weighted by atomic mass is 10.2. The Labute approximate surface area is 162 Å². The molecule has 0 saturated heterocycles. The first kappa shape index (κ1) is 18.3. The maximum absolute atomic E-state index is 6.01. The van der Waals surface area contributed by atoms with E-state index in [1.165, 1.54) is 11.3 Å². The van der Waals surface area contributed by atoms with Gasteiger partial charge in [0.2, 0.25) is 11.7 Å². The Morgan fingerprint density at radius 2 is 1.85 bits per heavy atom. The van der Waals surface area contributed by atoms with Crippen LogP contribution in [0.1, 0.15) is 5.56 Å². The summed E-state index contributed by atoms with van der Waals surface area (Å²) < 4.78 is 16.9. The third-order valence-corrected chi connectivity index (χ3v) is 5.50. The molecule has 0 saturated carbocycles. The second-order valence-corrected chi connectivity index (χ2v) is 6.92. The van der Waals surface area contributed by atoms with Gasteiger partial charge >= 0.3 is 0 Å². The molecule has 0 unspecified atom stereocenters. The summed E-state index contributed by atoms with van der Waals surface area (Å²) in [5.41, 5.74) is 13.4. The SMILES string of the molecule is COc1cc(NCc2csc3nc(N)nc(N)c23)c(Br)c(OC)c1OC. The Kier molecular flexibility index (Phi) is 5.23. The van der Waals surface area contributed by atoms with Gasteiger partial charge in [-0.1, -0.05) is 0 Å². The second-order valence-electron chi connectivity index (χ2n) is 5.27. The number of rotatable bonds is 6. The van der Waals surface area contributed by atoms with Crippen molar-refractivity contribution in [3.05, 3.63) is 21.5 Å². The van der Waals surface area contributed by atoms with Gasteiger partial charge in [-0.05, 0) is 26.9 Å². The minimum absolute atomic E-state index is 0.170. The molecule has 0 aliphatic rings. The van der Waals surface area contributed by atoms with E-state index in [0.29, 0.717) is 29.6 Å². The van der Waals surface area contributed by atoms with Crippen molar-refractivity contribution in [2.45, 2.75) is 6.54 Å². The van der Waals surface area contributed by atoms with E-state index < -0.39 is 0 Å². The molecular formula is C16H18BrN5O3S. The van der Waals surface area contributed by atoms with Gasteiger partial charge in [0.15, 0.2) is 11.5 Å². The molecule has 1 aromatic carbocycles. The zero-order valence-corrected chi connectivity index (χ0v) is 16.8. The molecule has 10 heteroatoms. The van der Waals surface area contributed by atoms with Gasteiger partial charge in [-0.25, -0.2) is 4.98 Å². The largest absolute Gasteiger partial charge is 0.493 e. The number of aromatic nitrogens is 2. The third-order valence-electron chi connectivity index (χ3n) is 3.79. The van der Waals surface area contributed by atoms with Crippen LogP contribution in [0.4, 0.5) is 17.5 Å². The fourth-order valence-electron chi connectivity index (χ4n) is 2.62. The molecule has 5 N–H and O–H groups in total. The first-order valence-corrected chi connectivity index (χ1v) is 9.18. The van der Waals surface area contributed by atoms with Gasteiger partial charge in [0.1, 0.15) is 10.6 Å². The van der Waals surface area contributed by atoms with Crippen LogP contribution in [0, 0.1) is 0 Å². The smallest absolute Gasteiger partial charge is 0.223 e. The number of nitrogens with zero attached hydrogens (tertiary/aromatic N) is 2. The number of thiophene rings is 1. The summed E-state index contributed by atoms with van der Waals surface area (Å²) in [5.74, 6) is 2.15. The molecule has 3 aromatic rings. The number of nitrogens with two attached hydrogens (primary N) is 2. The van der Waals surface area contributed by atoms with Crippen LogP contribution in [0.25, 0.3) is 10.2 Å². The summed E-state index contributed by atoms with van der Waals surface area (Å²) in [4.78, 5) is 9.02. The molecule has 26 heavy (non-hydrogen) atoms. The van der Waals surface area contributed by atoms with E-state index in [1.807, 2.05) is 11.4 Å². The maximum Gasteiger partial charge on any atom is 0.223 e. The minimum Gasteiger partial charge on any atom is -0.493 e. The predicted molar refractivity (Wildman–Crippen MR) is 107 cm³/mol. The Bertz CT molecular complexity index is 963. The number of benzene rings is 1. The average molecular weight is 440 g/mol. The summed E-state index contributed by atoms with van der Waals surface area (Å²) in [5, 5.41) is 6.14. The zero-order valence-electron chi connectivity index (χ0n) is 14.4. The highest BCUT2D eigenvalue weighted by Crippen LogP contribution is 2.47.